The molecule has 0 saturated heterocycles. The van der Waals surface area contributed by atoms with Crippen molar-refractivity contribution in [1.82, 2.24) is 23.6 Å². The van der Waals surface area contributed by atoms with Crippen molar-refractivity contribution in [1.29, 1.82) is 0 Å². The minimum Gasteiger partial charge on any atom is -0.280 e. The molecule has 0 aliphatic carbocycles. The molecule has 6 nitrogen and oxygen atoms in total. The number of aryl methyl sites for hydroxylation is 1. The molecule has 0 aliphatic rings. The van der Waals surface area contributed by atoms with E-state index in [2.05, 4.69) is 5.10 Å². The summed E-state index contributed by atoms with van der Waals surface area (Å²) in [6.45, 7) is 2.73. The summed E-state index contributed by atoms with van der Waals surface area (Å²) in [5, 5.41) is 5.05. The average molecular weight is 415 g/mol. The number of halogens is 2. The largest absolute Gasteiger partial charge is 0.280 e. The van der Waals surface area contributed by atoms with Crippen molar-refractivity contribution < 1.29 is 8.78 Å². The van der Waals surface area contributed by atoms with Gasteiger partial charge < -0.3 is 0 Å². The summed E-state index contributed by atoms with van der Waals surface area (Å²) in [6.07, 6.45) is 0. The minimum atomic E-state index is -0.588. The van der Waals surface area contributed by atoms with E-state index in [0.29, 0.717) is 28.0 Å². The number of fused-ring (bicyclic) bond motifs is 3. The number of aromatic nitrogens is 4. The monoisotopic (exact) mass is 415 g/mol. The van der Waals surface area contributed by atoms with E-state index in [4.69, 9.17) is 12.2 Å². The van der Waals surface area contributed by atoms with Crippen LogP contribution in [0.25, 0.3) is 16.7 Å². The third-order valence-electron chi connectivity index (χ3n) is 5.03. The zero-order chi connectivity index (χ0) is 20.7. The summed E-state index contributed by atoms with van der Waals surface area (Å²) in [4.78, 5) is 14.5. The molecule has 9 heteroatoms. The molecule has 2 aromatic carbocycles. The molecule has 2 heterocycles. The summed E-state index contributed by atoms with van der Waals surface area (Å²) in [5.41, 5.74) is 0.508. The van der Waals surface area contributed by atoms with Crippen LogP contribution in [0, 0.1) is 16.4 Å². The van der Waals surface area contributed by atoms with Gasteiger partial charge in [0.1, 0.15) is 11.6 Å². The second kappa shape index (κ2) is 7.49. The highest BCUT2D eigenvalue weighted by atomic mass is 32.1. The number of hydrogen-bond acceptors (Lipinski definition) is 4. The Morgan fingerprint density at radius 3 is 2.48 bits per heavy atom. The molecule has 4 rings (SSSR count). The zero-order valence-corrected chi connectivity index (χ0v) is 16.8. The van der Waals surface area contributed by atoms with Crippen LogP contribution in [0.4, 0.5) is 8.78 Å². The molecule has 0 radical (unpaired) electrons. The lowest BCUT2D eigenvalue weighted by Crippen LogP contribution is -2.27. The van der Waals surface area contributed by atoms with Gasteiger partial charge in [0.15, 0.2) is 0 Å². The van der Waals surface area contributed by atoms with Crippen LogP contribution in [0.1, 0.15) is 12.5 Å². The lowest BCUT2D eigenvalue weighted by atomic mass is 10.2. The van der Waals surface area contributed by atoms with Crippen molar-refractivity contribution >= 4 is 28.9 Å². The SMILES string of the molecule is CCN(Cc1c(F)cccc1F)Cn1nc2n(C)c(=O)c3ccccc3n2c1=S. The number of benzene rings is 2. The fourth-order valence-electron chi connectivity index (χ4n) is 3.40. The van der Waals surface area contributed by atoms with Crippen LogP contribution in [-0.4, -0.2) is 30.2 Å². The maximum Gasteiger partial charge on any atom is 0.262 e. The predicted octanol–water partition coefficient (Wildman–Crippen LogP) is 3.47. The normalized spacial score (nSPS) is 11.8. The first-order valence-electron chi connectivity index (χ1n) is 9.15. The molecule has 4 aromatic rings. The van der Waals surface area contributed by atoms with Crippen molar-refractivity contribution in [2.24, 2.45) is 7.05 Å². The molecular weight excluding hydrogens is 396 g/mol. The number of para-hydroxylation sites is 1. The average Bonchev–Trinajstić information content (AvgIpc) is 3.04. The fourth-order valence-corrected chi connectivity index (χ4v) is 3.67. The van der Waals surface area contributed by atoms with Crippen molar-refractivity contribution in [2.45, 2.75) is 20.1 Å². The predicted molar refractivity (Wildman–Crippen MR) is 109 cm³/mol. The molecule has 0 N–H and O–H groups in total. The van der Waals surface area contributed by atoms with Gasteiger partial charge in [0.2, 0.25) is 10.5 Å². The van der Waals surface area contributed by atoms with Gasteiger partial charge in [-0.1, -0.05) is 25.1 Å². The molecule has 0 unspecified atom stereocenters. The van der Waals surface area contributed by atoms with E-state index >= 15 is 0 Å². The second-order valence-electron chi connectivity index (χ2n) is 6.79. The summed E-state index contributed by atoms with van der Waals surface area (Å²) in [6, 6.07) is 11.0. The first-order chi connectivity index (χ1) is 13.9. The van der Waals surface area contributed by atoms with Crippen LogP contribution >= 0.6 is 12.2 Å². The van der Waals surface area contributed by atoms with Gasteiger partial charge in [0.05, 0.1) is 17.6 Å². The maximum atomic E-state index is 14.1. The first-order valence-corrected chi connectivity index (χ1v) is 9.55. The van der Waals surface area contributed by atoms with E-state index in [1.807, 2.05) is 24.0 Å². The molecule has 0 saturated carbocycles. The molecule has 0 atom stereocenters. The Balaban J connectivity index is 1.79. The van der Waals surface area contributed by atoms with E-state index < -0.39 is 11.6 Å². The fraction of sp³-hybridized carbons (Fsp3) is 0.250. The van der Waals surface area contributed by atoms with E-state index in [0.717, 1.165) is 0 Å². The molecule has 0 aliphatic heterocycles. The Morgan fingerprint density at radius 1 is 1.10 bits per heavy atom. The highest BCUT2D eigenvalue weighted by molar-refractivity contribution is 7.71. The van der Waals surface area contributed by atoms with Crippen LogP contribution in [0.5, 0.6) is 0 Å². The summed E-state index contributed by atoms with van der Waals surface area (Å²) >= 11 is 5.61. The van der Waals surface area contributed by atoms with Gasteiger partial charge in [-0.2, -0.15) is 0 Å². The van der Waals surface area contributed by atoms with Gasteiger partial charge in [-0.05, 0) is 43.0 Å². The smallest absolute Gasteiger partial charge is 0.262 e. The highest BCUT2D eigenvalue weighted by Gasteiger charge is 2.17. The van der Waals surface area contributed by atoms with E-state index in [1.165, 1.54) is 22.8 Å². The zero-order valence-electron chi connectivity index (χ0n) is 16.0. The topological polar surface area (TPSA) is 47.5 Å². The van der Waals surface area contributed by atoms with Gasteiger partial charge in [-0.3, -0.25) is 18.7 Å². The van der Waals surface area contributed by atoms with Gasteiger partial charge in [0.25, 0.3) is 5.56 Å². The molecule has 0 spiro atoms. The van der Waals surface area contributed by atoms with Crippen molar-refractivity contribution in [2.75, 3.05) is 6.54 Å². The quantitative estimate of drug-likeness (QED) is 0.469. The Hall–Kier alpha value is -2.91. The van der Waals surface area contributed by atoms with Crippen LogP contribution < -0.4 is 5.56 Å². The third kappa shape index (κ3) is 3.26. The Kier molecular flexibility index (Phi) is 5.01. The second-order valence-corrected chi connectivity index (χ2v) is 7.15. The molecule has 2 aromatic heterocycles. The molecule has 0 fully saturated rings. The highest BCUT2D eigenvalue weighted by Crippen LogP contribution is 2.17. The Labute approximate surface area is 170 Å². The van der Waals surface area contributed by atoms with E-state index in [1.54, 1.807) is 28.3 Å². The summed E-state index contributed by atoms with van der Waals surface area (Å²) < 4.78 is 33.3. The standard InChI is InChI=1S/C20H19F2N5OS/c1-3-25(11-14-15(21)8-6-9-16(14)22)12-26-20(29)27-17-10-5-4-7-13(17)18(28)24(2)19(27)23-26/h4-10H,3,11-12H2,1-2H3. The van der Waals surface area contributed by atoms with E-state index in [-0.39, 0.29) is 24.3 Å². The Morgan fingerprint density at radius 2 is 1.79 bits per heavy atom. The lowest BCUT2D eigenvalue weighted by molar-refractivity contribution is 0.202. The Bertz CT molecular complexity index is 1320. The number of nitrogens with zero attached hydrogens (tertiary/aromatic N) is 5. The van der Waals surface area contributed by atoms with Gasteiger partial charge in [0, 0.05) is 19.2 Å². The maximum absolute atomic E-state index is 14.1. The molecular formula is C20H19F2N5OS. The minimum absolute atomic E-state index is 0.00230. The lowest BCUT2D eigenvalue weighted by Gasteiger charge is -2.20. The van der Waals surface area contributed by atoms with Crippen LogP contribution in [0.15, 0.2) is 47.3 Å². The number of hydrogen-bond donors (Lipinski definition) is 0. The molecule has 0 amide bonds. The van der Waals surface area contributed by atoms with Crippen molar-refractivity contribution in [3.63, 3.8) is 0 Å². The number of rotatable bonds is 5. The summed E-state index contributed by atoms with van der Waals surface area (Å²) in [7, 11) is 1.64. The van der Waals surface area contributed by atoms with Crippen molar-refractivity contribution in [3.05, 3.63) is 74.8 Å². The van der Waals surface area contributed by atoms with Crippen LogP contribution in [-0.2, 0) is 20.3 Å². The van der Waals surface area contributed by atoms with Gasteiger partial charge in [-0.25, -0.2) is 13.5 Å². The summed E-state index contributed by atoms with van der Waals surface area (Å²) in [5.74, 6) is -0.766. The first kappa shape index (κ1) is 19.4. The third-order valence-corrected chi connectivity index (χ3v) is 5.42. The van der Waals surface area contributed by atoms with Gasteiger partial charge in [-0.15, -0.1) is 5.10 Å². The van der Waals surface area contributed by atoms with Crippen LogP contribution in [0.2, 0.25) is 0 Å². The molecule has 0 bridgehead atoms. The van der Waals surface area contributed by atoms with Gasteiger partial charge >= 0.3 is 0 Å². The molecule has 150 valence electrons. The van der Waals surface area contributed by atoms with Crippen molar-refractivity contribution in [3.8, 4) is 0 Å². The van der Waals surface area contributed by atoms with Crippen LogP contribution in [0.3, 0.4) is 0 Å². The molecule has 29 heavy (non-hydrogen) atoms. The van der Waals surface area contributed by atoms with E-state index in [9.17, 15) is 13.6 Å².